The van der Waals surface area contributed by atoms with Crippen LogP contribution in [0.15, 0.2) is 34.8 Å². The summed E-state index contributed by atoms with van der Waals surface area (Å²) in [5, 5.41) is 46.8. The van der Waals surface area contributed by atoms with Crippen molar-refractivity contribution in [3.63, 3.8) is 0 Å². The number of Topliss-reactive ketones (excluding diaryl/α,β-unsaturated/α-hetero) is 2. The molecular weight excluding hydrogens is 464 g/mol. The quantitative estimate of drug-likeness (QED) is 0.389. The molecule has 4 rings (SSSR count). The molecule has 36 heavy (non-hydrogen) atoms. The molecule has 3 atom stereocenters. The Morgan fingerprint density at radius 3 is 2.44 bits per heavy atom. The maximum atomic E-state index is 13.6. The van der Waals surface area contributed by atoms with E-state index in [0.29, 0.717) is 18.4 Å². The number of anilines is 1. The van der Waals surface area contributed by atoms with Gasteiger partial charge in [-0.2, -0.15) is 0 Å². The van der Waals surface area contributed by atoms with Crippen LogP contribution in [0.25, 0.3) is 0 Å². The first-order valence-electron chi connectivity index (χ1n) is 12.3. The molecule has 0 fully saturated rings. The molecule has 0 bridgehead atoms. The van der Waals surface area contributed by atoms with Crippen LogP contribution in [0.5, 0.6) is 5.75 Å². The number of ketones is 2. The van der Waals surface area contributed by atoms with Crippen LogP contribution in [0.3, 0.4) is 0 Å². The SMILES string of the molecule is CCCC(C)(C)NC(=O)C1=C(O)C[C@@H]2C[C@@H]3Cc4c(N(C)C)ccc(O)c4C(=O)C3=C(O)[C@]2(O)C1=O. The Bertz CT molecular complexity index is 1230. The summed E-state index contributed by atoms with van der Waals surface area (Å²) in [5.74, 6) is -5.57. The molecule has 0 saturated carbocycles. The Balaban J connectivity index is 1.79. The van der Waals surface area contributed by atoms with E-state index in [0.717, 1.165) is 12.1 Å². The number of aliphatic hydroxyl groups excluding tert-OH is 2. The number of hydrogen-bond donors (Lipinski definition) is 5. The summed E-state index contributed by atoms with van der Waals surface area (Å²) >= 11 is 0. The lowest BCUT2D eigenvalue weighted by atomic mass is 9.60. The summed E-state index contributed by atoms with van der Waals surface area (Å²) < 4.78 is 0. The highest BCUT2D eigenvalue weighted by atomic mass is 16.3. The van der Waals surface area contributed by atoms with E-state index >= 15 is 0 Å². The zero-order valence-electron chi connectivity index (χ0n) is 21.3. The van der Waals surface area contributed by atoms with E-state index in [1.165, 1.54) is 6.07 Å². The van der Waals surface area contributed by atoms with Crippen LogP contribution >= 0.6 is 0 Å². The molecule has 194 valence electrons. The van der Waals surface area contributed by atoms with E-state index in [2.05, 4.69) is 5.32 Å². The molecule has 0 saturated heterocycles. The van der Waals surface area contributed by atoms with Crippen LogP contribution in [0.4, 0.5) is 5.69 Å². The number of carbonyl (C=O) groups is 3. The number of aromatic hydroxyl groups is 1. The molecule has 0 aromatic heterocycles. The second kappa shape index (κ2) is 8.65. The van der Waals surface area contributed by atoms with E-state index in [1.54, 1.807) is 19.9 Å². The third-order valence-corrected chi connectivity index (χ3v) is 7.71. The van der Waals surface area contributed by atoms with Gasteiger partial charge in [0.15, 0.2) is 11.4 Å². The predicted octanol–water partition coefficient (Wildman–Crippen LogP) is 2.86. The minimum atomic E-state index is -2.53. The largest absolute Gasteiger partial charge is 0.511 e. The van der Waals surface area contributed by atoms with Crippen LogP contribution in [-0.2, 0) is 16.0 Å². The van der Waals surface area contributed by atoms with Crippen molar-refractivity contribution < 1.29 is 34.8 Å². The van der Waals surface area contributed by atoms with Gasteiger partial charge in [0.05, 0.1) is 5.56 Å². The van der Waals surface area contributed by atoms with Crippen LogP contribution in [-0.4, -0.2) is 63.1 Å². The summed E-state index contributed by atoms with van der Waals surface area (Å²) in [5.41, 5.74) is -2.53. The predicted molar refractivity (Wildman–Crippen MR) is 133 cm³/mol. The maximum Gasteiger partial charge on any atom is 0.258 e. The van der Waals surface area contributed by atoms with Gasteiger partial charge in [-0.05, 0) is 56.7 Å². The third-order valence-electron chi connectivity index (χ3n) is 7.71. The number of nitrogens with zero attached hydrogens (tertiary/aromatic N) is 1. The molecular formula is C27H34N2O7. The highest BCUT2D eigenvalue weighted by Gasteiger charge is 2.60. The second-order valence-electron chi connectivity index (χ2n) is 11.0. The smallest absolute Gasteiger partial charge is 0.258 e. The number of hydrogen-bond acceptors (Lipinski definition) is 8. The van der Waals surface area contributed by atoms with Crippen molar-refractivity contribution in [1.82, 2.24) is 5.32 Å². The fourth-order valence-electron chi connectivity index (χ4n) is 6.06. The van der Waals surface area contributed by atoms with Crippen molar-refractivity contribution in [2.45, 2.75) is 64.0 Å². The molecule has 0 radical (unpaired) electrons. The molecule has 3 aliphatic rings. The number of amides is 1. The molecule has 3 aliphatic carbocycles. The van der Waals surface area contributed by atoms with E-state index in [9.17, 15) is 34.8 Å². The number of benzene rings is 1. The van der Waals surface area contributed by atoms with E-state index in [4.69, 9.17) is 0 Å². The lowest BCUT2D eigenvalue weighted by Crippen LogP contribution is -2.58. The van der Waals surface area contributed by atoms with Gasteiger partial charge in [-0.25, -0.2) is 0 Å². The molecule has 5 N–H and O–H groups in total. The zero-order chi connectivity index (χ0) is 26.7. The molecule has 0 heterocycles. The van der Waals surface area contributed by atoms with Gasteiger partial charge in [-0.15, -0.1) is 0 Å². The number of fused-ring (bicyclic) bond motifs is 3. The van der Waals surface area contributed by atoms with Gasteiger partial charge in [0.1, 0.15) is 22.8 Å². The normalized spacial score (nSPS) is 25.8. The summed E-state index contributed by atoms with van der Waals surface area (Å²) in [6.07, 6.45) is 1.63. The van der Waals surface area contributed by atoms with Gasteiger partial charge in [-0.3, -0.25) is 14.4 Å². The van der Waals surface area contributed by atoms with Gasteiger partial charge in [0.2, 0.25) is 5.78 Å². The van der Waals surface area contributed by atoms with Crippen molar-refractivity contribution >= 4 is 23.2 Å². The Labute approximate surface area is 210 Å². The molecule has 0 unspecified atom stereocenters. The van der Waals surface area contributed by atoms with Gasteiger partial charge >= 0.3 is 0 Å². The molecule has 1 aromatic carbocycles. The van der Waals surface area contributed by atoms with Gasteiger partial charge < -0.3 is 30.6 Å². The van der Waals surface area contributed by atoms with Crippen molar-refractivity contribution in [2.24, 2.45) is 11.8 Å². The Morgan fingerprint density at radius 2 is 1.83 bits per heavy atom. The van der Waals surface area contributed by atoms with Gasteiger partial charge in [0.25, 0.3) is 5.91 Å². The maximum absolute atomic E-state index is 13.6. The molecule has 0 spiro atoms. The van der Waals surface area contributed by atoms with E-state index < -0.39 is 57.5 Å². The molecule has 0 aliphatic heterocycles. The zero-order valence-corrected chi connectivity index (χ0v) is 21.3. The first-order chi connectivity index (χ1) is 16.7. The van der Waals surface area contributed by atoms with E-state index in [-0.39, 0.29) is 29.7 Å². The molecule has 1 aromatic rings. The second-order valence-corrected chi connectivity index (χ2v) is 11.0. The number of allylic oxidation sites excluding steroid dienone is 2. The first-order valence-corrected chi connectivity index (χ1v) is 12.3. The summed E-state index contributed by atoms with van der Waals surface area (Å²) in [7, 11) is 3.63. The minimum absolute atomic E-state index is 0.0296. The van der Waals surface area contributed by atoms with Gasteiger partial charge in [0, 0.05) is 43.2 Å². The first kappa shape index (κ1) is 25.8. The summed E-state index contributed by atoms with van der Waals surface area (Å²) in [4.78, 5) is 41.9. The number of rotatable bonds is 5. The minimum Gasteiger partial charge on any atom is -0.511 e. The number of phenols is 1. The summed E-state index contributed by atoms with van der Waals surface area (Å²) in [6, 6.07) is 3.11. The van der Waals surface area contributed by atoms with Crippen LogP contribution in [0, 0.1) is 11.8 Å². The lowest BCUT2D eigenvalue weighted by Gasteiger charge is -2.46. The molecule has 9 nitrogen and oxygen atoms in total. The topological polar surface area (TPSA) is 147 Å². The Morgan fingerprint density at radius 1 is 1.17 bits per heavy atom. The number of carbonyl (C=O) groups excluding carboxylic acids is 3. The number of aliphatic hydroxyl groups is 3. The lowest BCUT2D eigenvalue weighted by molar-refractivity contribution is -0.144. The van der Waals surface area contributed by atoms with Crippen molar-refractivity contribution in [3.05, 3.63) is 45.9 Å². The third kappa shape index (κ3) is 3.77. The highest BCUT2D eigenvalue weighted by Crippen LogP contribution is 2.52. The van der Waals surface area contributed by atoms with Crippen LogP contribution in [0.2, 0.25) is 0 Å². The van der Waals surface area contributed by atoms with Crippen molar-refractivity contribution in [1.29, 1.82) is 0 Å². The van der Waals surface area contributed by atoms with Crippen molar-refractivity contribution in [2.75, 3.05) is 19.0 Å². The molecule has 9 heteroatoms. The Kier molecular flexibility index (Phi) is 6.19. The average Bonchev–Trinajstić information content (AvgIpc) is 2.75. The van der Waals surface area contributed by atoms with Crippen LogP contribution < -0.4 is 10.2 Å². The fourth-order valence-corrected chi connectivity index (χ4v) is 6.06. The van der Waals surface area contributed by atoms with Crippen LogP contribution in [0.1, 0.15) is 62.4 Å². The average molecular weight is 499 g/mol. The van der Waals surface area contributed by atoms with Gasteiger partial charge in [-0.1, -0.05) is 13.3 Å². The van der Waals surface area contributed by atoms with E-state index in [1.807, 2.05) is 25.9 Å². The Hall–Kier alpha value is -3.33. The number of nitrogens with one attached hydrogen (secondary N) is 1. The van der Waals surface area contributed by atoms with Crippen molar-refractivity contribution in [3.8, 4) is 5.75 Å². The number of phenolic OH excluding ortho intramolecular Hbond substituents is 1. The fraction of sp³-hybridized carbons (Fsp3) is 0.519. The standard InChI is InChI=1S/C27H34N2O7/c1-6-9-26(2,3)28-25(35)21-18(31)12-14-10-13-11-15-16(29(4)5)7-8-17(30)20(15)22(32)19(13)23(33)27(14,36)24(21)34/h7-8,13-14,30-31,33,36H,6,9-12H2,1-5H3,(H,28,35)/t13-,14+,27+/m1/s1. The monoisotopic (exact) mass is 498 g/mol. The summed E-state index contributed by atoms with van der Waals surface area (Å²) in [6.45, 7) is 5.52. The highest BCUT2D eigenvalue weighted by molar-refractivity contribution is 6.25. The molecule has 1 amide bonds.